The minimum Gasteiger partial charge on any atom is -0.481 e. The molecule has 4 atom stereocenters. The number of amides is 3. The third kappa shape index (κ3) is 15.6. The molecule has 0 fully saturated rings. The highest BCUT2D eigenvalue weighted by Gasteiger charge is 2.30. The molecule has 0 aliphatic heterocycles. The number of nitrogens with zero attached hydrogens (tertiary/aromatic N) is 2. The molecule has 222 valence electrons. The first-order valence-electron chi connectivity index (χ1n) is 12.4. The molecule has 0 bridgehead atoms. The lowest BCUT2D eigenvalue weighted by Crippen LogP contribution is -2.57. The molecule has 0 saturated carbocycles. The second kappa shape index (κ2) is 18.2. The second-order valence-corrected chi connectivity index (χ2v) is 9.12. The summed E-state index contributed by atoms with van der Waals surface area (Å²) in [7, 11) is 0. The van der Waals surface area contributed by atoms with Crippen LogP contribution >= 0.6 is 0 Å². The van der Waals surface area contributed by atoms with Crippen LogP contribution in [0.4, 0.5) is 0 Å². The van der Waals surface area contributed by atoms with E-state index in [0.717, 1.165) is 0 Å². The van der Waals surface area contributed by atoms with Gasteiger partial charge in [0.05, 0.1) is 6.04 Å². The number of rotatable bonds is 19. The van der Waals surface area contributed by atoms with E-state index in [0.29, 0.717) is 0 Å². The molecule has 4 unspecified atom stereocenters. The van der Waals surface area contributed by atoms with Crippen molar-refractivity contribution >= 4 is 41.6 Å². The molecule has 0 radical (unpaired) electrons. The fraction of sp³-hybridized carbons (Fsp3) is 0.682. The number of aliphatic imine (C=N–C) groups is 2. The normalized spacial score (nSPS) is 13.7. The summed E-state index contributed by atoms with van der Waals surface area (Å²) in [6, 6.07) is -4.84. The molecule has 0 aromatic rings. The van der Waals surface area contributed by atoms with Gasteiger partial charge in [-0.25, -0.2) is 4.79 Å². The number of carboxylic acid groups (broad SMARTS) is 2. The third-order valence-corrected chi connectivity index (χ3v) is 5.44. The number of hydrogen-bond acceptors (Lipinski definition) is 8. The van der Waals surface area contributed by atoms with Crippen LogP contribution in [-0.2, 0) is 24.0 Å². The van der Waals surface area contributed by atoms with Gasteiger partial charge in [0.15, 0.2) is 11.9 Å². The number of carboxylic acids is 2. The first kappa shape index (κ1) is 34.9. The Labute approximate surface area is 226 Å². The van der Waals surface area contributed by atoms with Crippen molar-refractivity contribution in [2.75, 3.05) is 13.1 Å². The fourth-order valence-corrected chi connectivity index (χ4v) is 3.19. The van der Waals surface area contributed by atoms with Crippen molar-refractivity contribution in [3.63, 3.8) is 0 Å². The average Bonchev–Trinajstić information content (AvgIpc) is 2.83. The Morgan fingerprint density at radius 3 is 1.51 bits per heavy atom. The average molecular weight is 559 g/mol. The number of hydrogen-bond donors (Lipinski definition) is 10. The van der Waals surface area contributed by atoms with Crippen LogP contribution < -0.4 is 44.6 Å². The SMILES string of the molecule is CC(C)C(N)C(=O)NC(CCCN=C(N)N)C(=O)NC(CCC(=O)O)C(=O)NC(CCCN=C(N)N)C(=O)O. The Morgan fingerprint density at radius 1 is 0.692 bits per heavy atom. The first-order valence-corrected chi connectivity index (χ1v) is 12.4. The van der Waals surface area contributed by atoms with Gasteiger partial charge in [0, 0.05) is 19.5 Å². The van der Waals surface area contributed by atoms with Gasteiger partial charge < -0.3 is 54.8 Å². The zero-order valence-corrected chi connectivity index (χ0v) is 22.3. The topological polar surface area (TPSA) is 317 Å². The predicted octanol–water partition coefficient (Wildman–Crippen LogP) is -3.52. The van der Waals surface area contributed by atoms with Crippen LogP contribution in [0.25, 0.3) is 0 Å². The van der Waals surface area contributed by atoms with Crippen LogP contribution in [0.5, 0.6) is 0 Å². The third-order valence-electron chi connectivity index (χ3n) is 5.44. The quantitative estimate of drug-likeness (QED) is 0.0419. The fourth-order valence-electron chi connectivity index (χ4n) is 3.19. The van der Waals surface area contributed by atoms with Gasteiger partial charge in [-0.2, -0.15) is 0 Å². The molecule has 17 nitrogen and oxygen atoms in total. The standard InChI is InChI=1S/C22H42N10O7/c1-11(2)16(23)19(37)31-12(5-3-9-28-21(24)25)17(35)30-13(7-8-15(33)34)18(36)32-14(20(38)39)6-4-10-29-22(26)27/h11-14,16H,3-10,23H2,1-2H3,(H,30,35)(H,31,37)(H,32,36)(H,33,34)(H,38,39)(H4,24,25,28)(H4,26,27,29). The molecule has 0 heterocycles. The van der Waals surface area contributed by atoms with Gasteiger partial charge in [0.2, 0.25) is 17.7 Å². The zero-order valence-electron chi connectivity index (χ0n) is 22.3. The molecule has 3 amide bonds. The van der Waals surface area contributed by atoms with Crippen molar-refractivity contribution in [1.29, 1.82) is 0 Å². The molecule has 0 aromatic carbocycles. The van der Waals surface area contributed by atoms with Crippen LogP contribution in [0.2, 0.25) is 0 Å². The van der Waals surface area contributed by atoms with Gasteiger partial charge in [-0.1, -0.05) is 13.8 Å². The van der Waals surface area contributed by atoms with Crippen molar-refractivity contribution in [3.05, 3.63) is 0 Å². The lowest BCUT2D eigenvalue weighted by atomic mass is 10.0. The largest absolute Gasteiger partial charge is 0.481 e. The summed E-state index contributed by atoms with van der Waals surface area (Å²) < 4.78 is 0. The van der Waals surface area contributed by atoms with E-state index in [4.69, 9.17) is 33.8 Å². The molecule has 0 aliphatic rings. The minimum absolute atomic E-state index is 0.0337. The first-order chi connectivity index (χ1) is 18.1. The van der Waals surface area contributed by atoms with Gasteiger partial charge in [-0.3, -0.25) is 29.2 Å². The molecule has 39 heavy (non-hydrogen) atoms. The van der Waals surface area contributed by atoms with Crippen LogP contribution in [0.1, 0.15) is 52.4 Å². The van der Waals surface area contributed by atoms with Crippen molar-refractivity contribution in [3.8, 4) is 0 Å². The molecule has 0 spiro atoms. The van der Waals surface area contributed by atoms with Gasteiger partial charge in [0.1, 0.15) is 18.1 Å². The van der Waals surface area contributed by atoms with E-state index in [-0.39, 0.29) is 63.0 Å². The molecular weight excluding hydrogens is 516 g/mol. The Kier molecular flexibility index (Phi) is 16.2. The molecule has 0 rings (SSSR count). The molecule has 15 N–H and O–H groups in total. The molecule has 0 aromatic heterocycles. The smallest absolute Gasteiger partial charge is 0.326 e. The van der Waals surface area contributed by atoms with Crippen LogP contribution in [-0.4, -0.2) is 89.0 Å². The maximum Gasteiger partial charge on any atom is 0.326 e. The molecular formula is C22H42N10O7. The van der Waals surface area contributed by atoms with Crippen molar-refractivity contribution in [2.24, 2.45) is 44.6 Å². The Bertz CT molecular complexity index is 902. The molecule has 0 saturated heterocycles. The van der Waals surface area contributed by atoms with Crippen molar-refractivity contribution < 1.29 is 34.2 Å². The van der Waals surface area contributed by atoms with E-state index in [2.05, 4.69) is 25.9 Å². The summed E-state index contributed by atoms with van der Waals surface area (Å²) in [6.45, 7) is 3.73. The maximum atomic E-state index is 13.1. The summed E-state index contributed by atoms with van der Waals surface area (Å²) in [5, 5.41) is 25.8. The van der Waals surface area contributed by atoms with Gasteiger partial charge >= 0.3 is 11.9 Å². The van der Waals surface area contributed by atoms with Gasteiger partial charge in [-0.15, -0.1) is 0 Å². The Hall–Kier alpha value is -4.15. The van der Waals surface area contributed by atoms with Crippen molar-refractivity contribution in [2.45, 2.75) is 76.5 Å². The van der Waals surface area contributed by atoms with E-state index in [9.17, 15) is 29.1 Å². The summed E-state index contributed by atoms with van der Waals surface area (Å²) in [5.41, 5.74) is 27.0. The second-order valence-electron chi connectivity index (χ2n) is 9.12. The zero-order chi connectivity index (χ0) is 30.1. The van der Waals surface area contributed by atoms with Crippen molar-refractivity contribution in [1.82, 2.24) is 16.0 Å². The van der Waals surface area contributed by atoms with Crippen LogP contribution in [0.15, 0.2) is 9.98 Å². The highest BCUT2D eigenvalue weighted by molar-refractivity contribution is 5.94. The molecule has 17 heteroatoms. The monoisotopic (exact) mass is 558 g/mol. The van der Waals surface area contributed by atoms with E-state index in [1.54, 1.807) is 13.8 Å². The summed E-state index contributed by atoms with van der Waals surface area (Å²) in [4.78, 5) is 68.9. The maximum absolute atomic E-state index is 13.1. The highest BCUT2D eigenvalue weighted by atomic mass is 16.4. The highest BCUT2D eigenvalue weighted by Crippen LogP contribution is 2.07. The lowest BCUT2D eigenvalue weighted by Gasteiger charge is -2.25. The number of nitrogens with two attached hydrogens (primary N) is 5. The number of nitrogens with one attached hydrogen (secondary N) is 3. The summed E-state index contributed by atoms with van der Waals surface area (Å²) in [5.74, 6) is -5.45. The summed E-state index contributed by atoms with van der Waals surface area (Å²) in [6.07, 6.45) is -0.311. The van der Waals surface area contributed by atoms with Gasteiger partial charge in [-0.05, 0) is 38.0 Å². The van der Waals surface area contributed by atoms with E-state index < -0.39 is 60.2 Å². The number of aliphatic carboxylic acids is 2. The number of carbonyl (C=O) groups excluding carboxylic acids is 3. The predicted molar refractivity (Wildman–Crippen MR) is 143 cm³/mol. The van der Waals surface area contributed by atoms with E-state index in [1.807, 2.05) is 0 Å². The van der Waals surface area contributed by atoms with E-state index in [1.165, 1.54) is 0 Å². The lowest BCUT2D eigenvalue weighted by molar-refractivity contribution is -0.143. The minimum atomic E-state index is -1.41. The molecule has 0 aliphatic carbocycles. The van der Waals surface area contributed by atoms with Crippen LogP contribution in [0, 0.1) is 5.92 Å². The van der Waals surface area contributed by atoms with E-state index >= 15 is 0 Å². The van der Waals surface area contributed by atoms with Crippen LogP contribution in [0.3, 0.4) is 0 Å². The Balaban J connectivity index is 5.67. The number of guanidine groups is 2. The summed E-state index contributed by atoms with van der Waals surface area (Å²) >= 11 is 0. The Morgan fingerprint density at radius 2 is 1.10 bits per heavy atom. The van der Waals surface area contributed by atoms with Gasteiger partial charge in [0.25, 0.3) is 0 Å². The number of carbonyl (C=O) groups is 5.